The molecule has 7 nitrogen and oxygen atoms in total. The van der Waals surface area contributed by atoms with Crippen molar-refractivity contribution < 1.29 is 14.0 Å². The van der Waals surface area contributed by atoms with E-state index in [1.54, 1.807) is 18.2 Å². The molecule has 0 saturated carbocycles. The third-order valence-corrected chi connectivity index (χ3v) is 4.06. The Balaban J connectivity index is 1.69. The molecule has 0 saturated heterocycles. The Bertz CT molecular complexity index is 1060. The SMILES string of the molecule is O=C(/C=C/c1coc2c(Br)cccc2c1=O)NNC(=O)c1ccncc1. The first-order valence-corrected chi connectivity index (χ1v) is 8.24. The molecule has 3 aromatic rings. The Kier molecular flexibility index (Phi) is 5.23. The average Bonchev–Trinajstić information content (AvgIpc) is 2.67. The van der Waals surface area contributed by atoms with Gasteiger partial charge in [0, 0.05) is 24.0 Å². The lowest BCUT2D eigenvalue weighted by Crippen LogP contribution is -2.40. The van der Waals surface area contributed by atoms with Crippen LogP contribution in [-0.4, -0.2) is 16.8 Å². The molecule has 0 aliphatic rings. The number of benzene rings is 1. The van der Waals surface area contributed by atoms with E-state index in [0.29, 0.717) is 21.0 Å². The number of nitrogens with one attached hydrogen (secondary N) is 2. The maximum absolute atomic E-state index is 12.4. The van der Waals surface area contributed by atoms with Gasteiger partial charge in [-0.3, -0.25) is 30.2 Å². The Morgan fingerprint density at radius 1 is 1.12 bits per heavy atom. The summed E-state index contributed by atoms with van der Waals surface area (Å²) in [7, 11) is 0. The number of para-hydroxylation sites is 1. The molecular formula is C18H12BrN3O4. The zero-order valence-electron chi connectivity index (χ0n) is 13.2. The number of hydrogen-bond donors (Lipinski definition) is 2. The lowest BCUT2D eigenvalue weighted by molar-refractivity contribution is -0.117. The molecule has 0 radical (unpaired) electrons. The Morgan fingerprint density at radius 3 is 2.65 bits per heavy atom. The summed E-state index contributed by atoms with van der Waals surface area (Å²) in [5.74, 6) is -1.08. The highest BCUT2D eigenvalue weighted by molar-refractivity contribution is 9.10. The number of rotatable bonds is 3. The van der Waals surface area contributed by atoms with Gasteiger partial charge in [-0.2, -0.15) is 0 Å². The van der Waals surface area contributed by atoms with Gasteiger partial charge in [0.05, 0.1) is 15.4 Å². The number of carbonyl (C=O) groups is 2. The third-order valence-electron chi connectivity index (χ3n) is 3.43. The van der Waals surface area contributed by atoms with Crippen molar-refractivity contribution in [3.63, 3.8) is 0 Å². The molecule has 8 heteroatoms. The van der Waals surface area contributed by atoms with Crippen LogP contribution in [0.25, 0.3) is 17.0 Å². The van der Waals surface area contributed by atoms with Gasteiger partial charge in [0.2, 0.25) is 0 Å². The van der Waals surface area contributed by atoms with Gasteiger partial charge in [-0.1, -0.05) is 6.07 Å². The van der Waals surface area contributed by atoms with Gasteiger partial charge in [0.15, 0.2) is 11.0 Å². The van der Waals surface area contributed by atoms with Crippen LogP contribution in [0.2, 0.25) is 0 Å². The van der Waals surface area contributed by atoms with Gasteiger partial charge in [-0.15, -0.1) is 0 Å². The number of amides is 2. The van der Waals surface area contributed by atoms with Gasteiger partial charge in [0.25, 0.3) is 11.8 Å². The average molecular weight is 414 g/mol. The van der Waals surface area contributed by atoms with Crippen molar-refractivity contribution in [2.45, 2.75) is 0 Å². The topological polar surface area (TPSA) is 101 Å². The molecule has 2 N–H and O–H groups in total. The maximum atomic E-state index is 12.4. The van der Waals surface area contributed by atoms with E-state index >= 15 is 0 Å². The molecule has 2 aromatic heterocycles. The number of fused-ring (bicyclic) bond motifs is 1. The lowest BCUT2D eigenvalue weighted by atomic mass is 10.1. The summed E-state index contributed by atoms with van der Waals surface area (Å²) in [5, 5.41) is 0.396. The second-order valence-electron chi connectivity index (χ2n) is 5.15. The zero-order valence-corrected chi connectivity index (χ0v) is 14.8. The van der Waals surface area contributed by atoms with Crippen LogP contribution < -0.4 is 16.3 Å². The largest absolute Gasteiger partial charge is 0.462 e. The third kappa shape index (κ3) is 3.86. The quantitative estimate of drug-likeness (QED) is 0.507. The van der Waals surface area contributed by atoms with Crippen LogP contribution in [-0.2, 0) is 4.79 Å². The van der Waals surface area contributed by atoms with Crippen LogP contribution in [0.1, 0.15) is 15.9 Å². The molecule has 3 rings (SSSR count). The highest BCUT2D eigenvalue weighted by Gasteiger charge is 2.08. The number of aromatic nitrogens is 1. The van der Waals surface area contributed by atoms with E-state index < -0.39 is 11.8 Å². The zero-order chi connectivity index (χ0) is 18.5. The first-order valence-electron chi connectivity index (χ1n) is 7.44. The fraction of sp³-hybridized carbons (Fsp3) is 0. The second kappa shape index (κ2) is 7.75. The smallest absolute Gasteiger partial charge is 0.269 e. The Morgan fingerprint density at radius 2 is 1.88 bits per heavy atom. The summed E-state index contributed by atoms with van der Waals surface area (Å²) < 4.78 is 6.10. The molecule has 0 fully saturated rings. The molecular weight excluding hydrogens is 402 g/mol. The van der Waals surface area contributed by atoms with Crippen LogP contribution >= 0.6 is 15.9 Å². The molecule has 0 aliphatic heterocycles. The molecule has 0 spiro atoms. The van der Waals surface area contributed by atoms with Crippen LogP contribution in [0.4, 0.5) is 0 Å². The summed E-state index contributed by atoms with van der Waals surface area (Å²) in [6.07, 6.45) is 6.65. The summed E-state index contributed by atoms with van der Waals surface area (Å²) in [4.78, 5) is 39.8. The molecule has 0 bridgehead atoms. The number of hydrogen-bond acceptors (Lipinski definition) is 5. The van der Waals surface area contributed by atoms with E-state index in [4.69, 9.17) is 4.42 Å². The Hall–Kier alpha value is -3.26. The predicted molar refractivity (Wildman–Crippen MR) is 99.1 cm³/mol. The van der Waals surface area contributed by atoms with Crippen LogP contribution in [0.5, 0.6) is 0 Å². The number of nitrogens with zero attached hydrogens (tertiary/aromatic N) is 1. The van der Waals surface area contributed by atoms with Crippen molar-refractivity contribution in [3.05, 3.63) is 80.9 Å². The van der Waals surface area contributed by atoms with Crippen molar-refractivity contribution in [2.75, 3.05) is 0 Å². The molecule has 2 amide bonds. The van der Waals surface area contributed by atoms with E-state index in [0.717, 1.165) is 6.08 Å². The molecule has 0 unspecified atom stereocenters. The predicted octanol–water partition coefficient (Wildman–Crippen LogP) is 2.42. The van der Waals surface area contributed by atoms with Crippen LogP contribution in [0.15, 0.2) is 68.7 Å². The van der Waals surface area contributed by atoms with Crippen molar-refractivity contribution in [3.8, 4) is 0 Å². The molecule has 130 valence electrons. The summed E-state index contributed by atoms with van der Waals surface area (Å²) in [6, 6.07) is 8.14. The maximum Gasteiger partial charge on any atom is 0.269 e. The van der Waals surface area contributed by atoms with Crippen LogP contribution in [0, 0.1) is 0 Å². The van der Waals surface area contributed by atoms with Gasteiger partial charge >= 0.3 is 0 Å². The molecule has 0 aliphatic carbocycles. The monoisotopic (exact) mass is 413 g/mol. The highest BCUT2D eigenvalue weighted by atomic mass is 79.9. The van der Waals surface area contributed by atoms with E-state index in [2.05, 4.69) is 31.8 Å². The normalized spacial score (nSPS) is 10.8. The summed E-state index contributed by atoms with van der Waals surface area (Å²) >= 11 is 3.31. The fourth-order valence-corrected chi connectivity index (χ4v) is 2.61. The van der Waals surface area contributed by atoms with Gasteiger partial charge in [-0.25, -0.2) is 0 Å². The van der Waals surface area contributed by atoms with E-state index in [9.17, 15) is 14.4 Å². The number of hydrazine groups is 1. The summed E-state index contributed by atoms with van der Waals surface area (Å²) in [6.45, 7) is 0. The number of pyridine rings is 1. The first kappa shape index (κ1) is 17.6. The molecule has 0 atom stereocenters. The first-order chi connectivity index (χ1) is 12.6. The van der Waals surface area contributed by atoms with Gasteiger partial charge < -0.3 is 4.42 Å². The molecule has 1 aromatic carbocycles. The van der Waals surface area contributed by atoms with Crippen molar-refractivity contribution in [1.82, 2.24) is 15.8 Å². The lowest BCUT2D eigenvalue weighted by Gasteiger charge is -2.04. The second-order valence-corrected chi connectivity index (χ2v) is 6.00. The number of halogens is 1. The van der Waals surface area contributed by atoms with Crippen molar-refractivity contribution in [2.24, 2.45) is 0 Å². The van der Waals surface area contributed by atoms with Crippen LogP contribution in [0.3, 0.4) is 0 Å². The molecule has 2 heterocycles. The van der Waals surface area contributed by atoms with E-state index in [-0.39, 0.29) is 11.0 Å². The fourth-order valence-electron chi connectivity index (χ4n) is 2.15. The minimum Gasteiger partial charge on any atom is -0.462 e. The van der Waals surface area contributed by atoms with Crippen molar-refractivity contribution >= 4 is 44.8 Å². The van der Waals surface area contributed by atoms with E-state index in [1.165, 1.54) is 36.9 Å². The van der Waals surface area contributed by atoms with Gasteiger partial charge in [0.1, 0.15) is 6.26 Å². The van der Waals surface area contributed by atoms with E-state index in [1.807, 2.05) is 0 Å². The summed E-state index contributed by atoms with van der Waals surface area (Å²) in [5.41, 5.74) is 5.23. The highest BCUT2D eigenvalue weighted by Crippen LogP contribution is 2.21. The Labute approximate surface area is 155 Å². The van der Waals surface area contributed by atoms with Gasteiger partial charge in [-0.05, 0) is 46.3 Å². The van der Waals surface area contributed by atoms with Crippen molar-refractivity contribution in [1.29, 1.82) is 0 Å². The number of carbonyl (C=O) groups excluding carboxylic acids is 2. The standard InChI is InChI=1S/C18H12BrN3O4/c19-14-3-1-2-13-16(24)12(10-26-17(13)14)4-5-15(23)21-22-18(25)11-6-8-20-9-7-11/h1-10H,(H,21,23)(H,22,25)/b5-4+. The molecule has 26 heavy (non-hydrogen) atoms. The minimum absolute atomic E-state index is 0.214. The minimum atomic E-state index is -0.596.